The number of amides is 1. The molecule has 0 bridgehead atoms. The molecule has 0 atom stereocenters. The summed E-state index contributed by atoms with van der Waals surface area (Å²) in [5.41, 5.74) is 0.0332. The molecule has 0 aliphatic carbocycles. The topological polar surface area (TPSA) is 50.4 Å². The molecule has 0 saturated carbocycles. The quantitative estimate of drug-likeness (QED) is 0.732. The van der Waals surface area contributed by atoms with E-state index in [0.717, 1.165) is 25.9 Å². The van der Waals surface area contributed by atoms with Gasteiger partial charge in [-0.25, -0.2) is 4.79 Å². The summed E-state index contributed by atoms with van der Waals surface area (Å²) in [5, 5.41) is 6.14. The minimum Gasteiger partial charge on any atom is -0.449 e. The molecule has 0 aromatic rings. The van der Waals surface area contributed by atoms with Gasteiger partial charge in [0.25, 0.3) is 0 Å². The van der Waals surface area contributed by atoms with E-state index in [-0.39, 0.29) is 17.6 Å². The number of piperidine rings is 1. The fourth-order valence-electron chi connectivity index (χ4n) is 1.46. The third-order valence-electron chi connectivity index (χ3n) is 2.30. The van der Waals surface area contributed by atoms with Gasteiger partial charge in [0.1, 0.15) is 0 Å². The molecule has 2 N–H and O–H groups in total. The molecule has 4 nitrogen and oxygen atoms in total. The summed E-state index contributed by atoms with van der Waals surface area (Å²) in [4.78, 5) is 11.4. The van der Waals surface area contributed by atoms with Crippen molar-refractivity contribution in [3.63, 3.8) is 0 Å². The van der Waals surface area contributed by atoms with E-state index < -0.39 is 0 Å². The highest BCUT2D eigenvalue weighted by Gasteiger charge is 2.18. The van der Waals surface area contributed by atoms with Gasteiger partial charge in [0.15, 0.2) is 0 Å². The largest absolute Gasteiger partial charge is 0.449 e. The summed E-state index contributed by atoms with van der Waals surface area (Å²) in [5.74, 6) is 0. The van der Waals surface area contributed by atoms with Crippen molar-refractivity contribution in [1.82, 2.24) is 10.6 Å². The van der Waals surface area contributed by atoms with E-state index in [2.05, 4.69) is 10.6 Å². The molecule has 1 saturated heterocycles. The zero-order valence-electron chi connectivity index (χ0n) is 9.93. The average molecular weight is 214 g/mol. The monoisotopic (exact) mass is 214 g/mol. The number of hydrogen-bond acceptors (Lipinski definition) is 3. The van der Waals surface area contributed by atoms with Gasteiger partial charge in [-0.15, -0.1) is 0 Å². The van der Waals surface area contributed by atoms with Crippen LogP contribution in [0.25, 0.3) is 0 Å². The van der Waals surface area contributed by atoms with Gasteiger partial charge < -0.3 is 15.4 Å². The SMILES string of the molecule is CC(C)(C)COC(=O)NC1CCNCC1. The van der Waals surface area contributed by atoms with Gasteiger partial charge in [0.05, 0.1) is 6.61 Å². The smallest absolute Gasteiger partial charge is 0.407 e. The molecular formula is C11H22N2O2. The van der Waals surface area contributed by atoms with Crippen LogP contribution in [0.3, 0.4) is 0 Å². The lowest BCUT2D eigenvalue weighted by atomic mass is 9.99. The van der Waals surface area contributed by atoms with Crippen molar-refractivity contribution in [1.29, 1.82) is 0 Å². The number of alkyl carbamates (subject to hydrolysis) is 1. The van der Waals surface area contributed by atoms with Crippen LogP contribution in [0.5, 0.6) is 0 Å². The zero-order chi connectivity index (χ0) is 11.3. The fraction of sp³-hybridized carbons (Fsp3) is 0.909. The van der Waals surface area contributed by atoms with Gasteiger partial charge in [0.2, 0.25) is 0 Å². The molecule has 15 heavy (non-hydrogen) atoms. The molecule has 88 valence electrons. The second kappa shape index (κ2) is 5.35. The molecule has 0 spiro atoms. The van der Waals surface area contributed by atoms with Crippen LogP contribution in [0.15, 0.2) is 0 Å². The molecule has 1 aliphatic rings. The molecule has 0 unspecified atom stereocenters. The number of nitrogens with one attached hydrogen (secondary N) is 2. The summed E-state index contributed by atoms with van der Waals surface area (Å²) in [6, 6.07) is 0.277. The Bertz CT molecular complexity index is 205. The summed E-state index contributed by atoms with van der Waals surface area (Å²) in [7, 11) is 0. The predicted molar refractivity (Wildman–Crippen MR) is 59.8 cm³/mol. The Hall–Kier alpha value is -0.770. The van der Waals surface area contributed by atoms with E-state index in [0.29, 0.717) is 6.61 Å². The second-order valence-electron chi connectivity index (χ2n) is 5.31. The first-order valence-electron chi connectivity index (χ1n) is 5.61. The van der Waals surface area contributed by atoms with E-state index in [1.54, 1.807) is 0 Å². The van der Waals surface area contributed by atoms with E-state index in [1.165, 1.54) is 0 Å². The van der Waals surface area contributed by atoms with Crippen LogP contribution in [0.4, 0.5) is 4.79 Å². The van der Waals surface area contributed by atoms with Gasteiger partial charge >= 0.3 is 6.09 Å². The highest BCUT2D eigenvalue weighted by atomic mass is 16.5. The summed E-state index contributed by atoms with van der Waals surface area (Å²) in [6.45, 7) is 8.55. The van der Waals surface area contributed by atoms with Crippen molar-refractivity contribution in [3.8, 4) is 0 Å². The van der Waals surface area contributed by atoms with Crippen LogP contribution in [0, 0.1) is 5.41 Å². The van der Waals surface area contributed by atoms with Crippen molar-refractivity contribution >= 4 is 6.09 Å². The van der Waals surface area contributed by atoms with Crippen LogP contribution in [-0.2, 0) is 4.74 Å². The van der Waals surface area contributed by atoms with Crippen LogP contribution >= 0.6 is 0 Å². The van der Waals surface area contributed by atoms with Gasteiger partial charge in [-0.3, -0.25) is 0 Å². The Balaban J connectivity index is 2.17. The molecule has 1 amide bonds. The molecule has 1 aliphatic heterocycles. The Morgan fingerprint density at radius 3 is 2.53 bits per heavy atom. The van der Waals surface area contributed by atoms with Crippen molar-refractivity contribution in [2.75, 3.05) is 19.7 Å². The van der Waals surface area contributed by atoms with Crippen LogP contribution in [-0.4, -0.2) is 31.8 Å². The van der Waals surface area contributed by atoms with E-state index in [9.17, 15) is 4.79 Å². The molecule has 1 fully saturated rings. The van der Waals surface area contributed by atoms with Crippen molar-refractivity contribution in [2.24, 2.45) is 5.41 Å². The Labute approximate surface area is 91.8 Å². The normalized spacial score (nSPS) is 18.6. The zero-order valence-corrected chi connectivity index (χ0v) is 9.93. The molecule has 0 radical (unpaired) electrons. The third kappa shape index (κ3) is 5.62. The highest BCUT2D eigenvalue weighted by molar-refractivity contribution is 5.67. The Kier molecular flexibility index (Phi) is 4.39. The molecule has 4 heteroatoms. The van der Waals surface area contributed by atoms with Crippen LogP contribution < -0.4 is 10.6 Å². The number of hydrogen-bond donors (Lipinski definition) is 2. The number of ether oxygens (including phenoxy) is 1. The summed E-state index contributed by atoms with van der Waals surface area (Å²) >= 11 is 0. The minimum absolute atomic E-state index is 0.0332. The van der Waals surface area contributed by atoms with E-state index in [4.69, 9.17) is 4.74 Å². The van der Waals surface area contributed by atoms with Gasteiger partial charge in [0, 0.05) is 6.04 Å². The molecule has 1 rings (SSSR count). The van der Waals surface area contributed by atoms with Crippen molar-refractivity contribution < 1.29 is 9.53 Å². The molecule has 0 aromatic carbocycles. The summed E-state index contributed by atoms with van der Waals surface area (Å²) in [6.07, 6.45) is 1.70. The Morgan fingerprint density at radius 1 is 1.40 bits per heavy atom. The third-order valence-corrected chi connectivity index (χ3v) is 2.30. The highest BCUT2D eigenvalue weighted by Crippen LogP contribution is 2.13. The number of carbonyl (C=O) groups is 1. The number of rotatable bonds is 2. The van der Waals surface area contributed by atoms with Crippen molar-refractivity contribution in [3.05, 3.63) is 0 Å². The van der Waals surface area contributed by atoms with Crippen LogP contribution in [0.1, 0.15) is 33.6 Å². The average Bonchev–Trinajstić information content (AvgIpc) is 2.15. The van der Waals surface area contributed by atoms with Crippen molar-refractivity contribution in [2.45, 2.75) is 39.7 Å². The lowest BCUT2D eigenvalue weighted by Gasteiger charge is -2.24. The standard InChI is InChI=1S/C11H22N2O2/c1-11(2,3)8-15-10(14)13-9-4-6-12-7-5-9/h9,12H,4-8H2,1-3H3,(H,13,14). The maximum atomic E-state index is 11.4. The first-order valence-corrected chi connectivity index (χ1v) is 5.61. The van der Waals surface area contributed by atoms with Gasteiger partial charge in [-0.1, -0.05) is 20.8 Å². The minimum atomic E-state index is -0.281. The number of carbonyl (C=O) groups excluding carboxylic acids is 1. The first kappa shape index (κ1) is 12.3. The lowest BCUT2D eigenvalue weighted by molar-refractivity contribution is 0.102. The lowest BCUT2D eigenvalue weighted by Crippen LogP contribution is -2.43. The maximum Gasteiger partial charge on any atom is 0.407 e. The van der Waals surface area contributed by atoms with Gasteiger partial charge in [-0.2, -0.15) is 0 Å². The predicted octanol–water partition coefficient (Wildman–Crippen LogP) is 1.51. The summed E-state index contributed by atoms with van der Waals surface area (Å²) < 4.78 is 5.14. The molecule has 0 aromatic heterocycles. The molecular weight excluding hydrogens is 192 g/mol. The van der Waals surface area contributed by atoms with Gasteiger partial charge in [-0.05, 0) is 31.3 Å². The Morgan fingerprint density at radius 2 is 2.00 bits per heavy atom. The first-order chi connectivity index (χ1) is 6.97. The van der Waals surface area contributed by atoms with E-state index in [1.807, 2.05) is 20.8 Å². The maximum absolute atomic E-state index is 11.4. The molecule has 1 heterocycles. The van der Waals surface area contributed by atoms with Crippen LogP contribution in [0.2, 0.25) is 0 Å². The fourth-order valence-corrected chi connectivity index (χ4v) is 1.46. The second-order valence-corrected chi connectivity index (χ2v) is 5.31. The van der Waals surface area contributed by atoms with E-state index >= 15 is 0 Å².